The summed E-state index contributed by atoms with van der Waals surface area (Å²) < 4.78 is 0.930. The van der Waals surface area contributed by atoms with Gasteiger partial charge in [0.15, 0.2) is 0 Å². The van der Waals surface area contributed by atoms with Gasteiger partial charge in [-0.1, -0.05) is 43.0 Å². The van der Waals surface area contributed by atoms with Gasteiger partial charge in [0.1, 0.15) is 0 Å². The molecule has 2 N–H and O–H groups in total. The second-order valence-corrected chi connectivity index (χ2v) is 11.1. The molecule has 4 saturated carbocycles. The highest BCUT2D eigenvalue weighted by atomic mass is 127. The molecular weight excluding hydrogens is 411 g/mol. The second kappa shape index (κ2) is 7.09. The van der Waals surface area contributed by atoms with E-state index in [1.165, 1.54) is 51.4 Å². The summed E-state index contributed by atoms with van der Waals surface area (Å²) in [4.78, 5) is 0. The summed E-state index contributed by atoms with van der Waals surface area (Å²) in [5.74, 6) is 3.70. The lowest BCUT2D eigenvalue weighted by atomic mass is 9.45. The van der Waals surface area contributed by atoms with Crippen molar-refractivity contribution in [3.05, 3.63) is 12.8 Å². The van der Waals surface area contributed by atoms with E-state index in [2.05, 4.69) is 43.0 Å². The Kier molecular flexibility index (Phi) is 5.62. The van der Waals surface area contributed by atoms with Crippen molar-refractivity contribution in [2.75, 3.05) is 0 Å². The number of fused-ring (bicyclic) bond motifs is 5. The molecule has 4 unspecified atom stereocenters. The summed E-state index contributed by atoms with van der Waals surface area (Å²) in [7, 11) is 0. The Morgan fingerprint density at radius 2 is 1.58 bits per heavy atom. The van der Waals surface area contributed by atoms with Crippen molar-refractivity contribution in [3.8, 4) is 0 Å². The molecule has 4 aliphatic rings. The Morgan fingerprint density at radius 3 is 2.29 bits per heavy atom. The zero-order chi connectivity index (χ0) is 17.5. The predicted molar refractivity (Wildman–Crippen MR) is 108 cm³/mol. The van der Waals surface area contributed by atoms with Gasteiger partial charge in [-0.2, -0.15) is 0 Å². The van der Waals surface area contributed by atoms with Gasteiger partial charge in [0.05, 0.1) is 12.4 Å². The Balaban J connectivity index is 0.000000526. The third kappa shape index (κ3) is 2.95. The monoisotopic (exact) mass is 446 g/mol. The topological polar surface area (TPSA) is 40.5 Å². The van der Waals surface area contributed by atoms with Crippen molar-refractivity contribution < 1.29 is 10.2 Å². The molecule has 0 aromatic rings. The molecule has 24 heavy (non-hydrogen) atoms. The van der Waals surface area contributed by atoms with E-state index in [9.17, 15) is 5.11 Å². The van der Waals surface area contributed by atoms with E-state index in [0.717, 1.165) is 40.3 Å². The molecule has 3 heteroatoms. The van der Waals surface area contributed by atoms with Crippen LogP contribution in [0.2, 0.25) is 0 Å². The van der Waals surface area contributed by atoms with Gasteiger partial charge in [-0.3, -0.25) is 0 Å². The molecule has 0 heterocycles. The number of hydrogen-bond donors (Lipinski definition) is 2. The standard InChI is InChI=1S/C19H31IO.C2H4O/c1-18-9-7-13(20)11-12(18)3-4-14-15-5-6-17(21)19(15,2)10-8-16(14)18;1-2-3/h12-17,21H,3-11H2,1-2H3;2-3H,1H2/t12-,13+,14?,15?,16?,17?,18+,19+;/m1./s1. The SMILES string of the molecule is C=CO.C[C@]12CCC3C(CC[C@@H]4C[C@@H](I)CC[C@]34C)C1CCC2O. The van der Waals surface area contributed by atoms with Gasteiger partial charge >= 0.3 is 0 Å². The average Bonchev–Trinajstić information content (AvgIpc) is 2.84. The zero-order valence-electron chi connectivity index (χ0n) is 15.4. The largest absolute Gasteiger partial charge is 0.516 e. The van der Waals surface area contributed by atoms with Crippen molar-refractivity contribution in [3.63, 3.8) is 0 Å². The second-order valence-electron chi connectivity index (χ2n) is 9.35. The predicted octanol–water partition coefficient (Wildman–Crippen LogP) is 5.88. The molecule has 4 aliphatic carbocycles. The number of rotatable bonds is 0. The van der Waals surface area contributed by atoms with Gasteiger partial charge in [0, 0.05) is 3.92 Å². The normalized spacial score (nSPS) is 53.0. The number of halogens is 1. The molecule has 0 radical (unpaired) electrons. The van der Waals surface area contributed by atoms with E-state index in [4.69, 9.17) is 5.11 Å². The van der Waals surface area contributed by atoms with E-state index in [1.807, 2.05) is 0 Å². The van der Waals surface area contributed by atoms with Crippen molar-refractivity contribution >= 4 is 22.6 Å². The Bertz CT molecular complexity index is 467. The highest BCUT2D eigenvalue weighted by Crippen LogP contribution is 2.66. The van der Waals surface area contributed by atoms with Crippen LogP contribution in [0, 0.1) is 34.5 Å². The number of hydrogen-bond acceptors (Lipinski definition) is 2. The van der Waals surface area contributed by atoms with Crippen LogP contribution in [0.15, 0.2) is 12.8 Å². The summed E-state index contributed by atoms with van der Waals surface area (Å²) in [5.41, 5.74) is 0.879. The van der Waals surface area contributed by atoms with Crippen LogP contribution in [0.3, 0.4) is 0 Å². The lowest BCUT2D eigenvalue weighted by molar-refractivity contribution is -0.119. The van der Waals surface area contributed by atoms with Crippen LogP contribution in [-0.2, 0) is 0 Å². The van der Waals surface area contributed by atoms with E-state index >= 15 is 0 Å². The molecule has 4 rings (SSSR count). The quantitative estimate of drug-likeness (QED) is 0.277. The van der Waals surface area contributed by atoms with Crippen LogP contribution in [-0.4, -0.2) is 20.2 Å². The molecule has 2 nitrogen and oxygen atoms in total. The summed E-state index contributed by atoms with van der Waals surface area (Å²) in [5, 5.41) is 17.8. The molecule has 0 aromatic carbocycles. The van der Waals surface area contributed by atoms with Gasteiger partial charge in [0.25, 0.3) is 0 Å². The fourth-order valence-electron chi connectivity index (χ4n) is 7.18. The summed E-state index contributed by atoms with van der Waals surface area (Å²) in [6.07, 6.45) is 13.1. The third-order valence-corrected chi connectivity index (χ3v) is 9.68. The molecule has 0 saturated heterocycles. The number of aliphatic hydroxyl groups is 2. The molecule has 8 atom stereocenters. The number of alkyl halides is 1. The van der Waals surface area contributed by atoms with Crippen molar-refractivity contribution in [1.29, 1.82) is 0 Å². The molecule has 0 aromatic heterocycles. The Hall–Kier alpha value is 0.230. The van der Waals surface area contributed by atoms with Crippen LogP contribution in [0.1, 0.15) is 71.6 Å². The first-order valence-corrected chi connectivity index (χ1v) is 11.2. The Labute approximate surface area is 161 Å². The summed E-state index contributed by atoms with van der Waals surface area (Å²) in [6, 6.07) is 0. The molecule has 0 bridgehead atoms. The molecular formula is C21H35IO2. The van der Waals surface area contributed by atoms with Crippen LogP contribution in [0.5, 0.6) is 0 Å². The third-order valence-electron chi connectivity index (χ3n) is 8.55. The first-order valence-electron chi connectivity index (χ1n) is 9.94. The zero-order valence-corrected chi connectivity index (χ0v) is 17.5. The highest BCUT2D eigenvalue weighted by molar-refractivity contribution is 14.1. The van der Waals surface area contributed by atoms with Gasteiger partial charge < -0.3 is 10.2 Å². The van der Waals surface area contributed by atoms with Crippen molar-refractivity contribution in [1.82, 2.24) is 0 Å². The fourth-order valence-corrected chi connectivity index (χ4v) is 8.10. The minimum Gasteiger partial charge on any atom is -0.516 e. The minimum atomic E-state index is -0.0148. The molecule has 4 fully saturated rings. The number of aliphatic hydroxyl groups excluding tert-OH is 2. The fraction of sp³-hybridized carbons (Fsp3) is 0.905. The molecule has 0 amide bonds. The van der Waals surface area contributed by atoms with E-state index in [1.54, 1.807) is 0 Å². The first-order chi connectivity index (χ1) is 11.4. The van der Waals surface area contributed by atoms with Gasteiger partial charge in [-0.25, -0.2) is 0 Å². The molecule has 138 valence electrons. The van der Waals surface area contributed by atoms with Crippen LogP contribution < -0.4 is 0 Å². The van der Waals surface area contributed by atoms with Gasteiger partial charge in [-0.05, 0) is 92.3 Å². The molecule has 0 aliphatic heterocycles. The van der Waals surface area contributed by atoms with Crippen LogP contribution >= 0.6 is 22.6 Å². The minimum absolute atomic E-state index is 0.0148. The maximum absolute atomic E-state index is 10.5. The smallest absolute Gasteiger partial charge is 0.0719 e. The average molecular weight is 446 g/mol. The Morgan fingerprint density at radius 1 is 0.958 bits per heavy atom. The van der Waals surface area contributed by atoms with Crippen LogP contribution in [0.4, 0.5) is 0 Å². The van der Waals surface area contributed by atoms with E-state index in [-0.39, 0.29) is 11.5 Å². The lowest BCUT2D eigenvalue weighted by Crippen LogP contribution is -2.54. The van der Waals surface area contributed by atoms with Gasteiger partial charge in [0.2, 0.25) is 0 Å². The molecule has 0 spiro atoms. The maximum Gasteiger partial charge on any atom is 0.0719 e. The highest BCUT2D eigenvalue weighted by Gasteiger charge is 2.59. The van der Waals surface area contributed by atoms with Gasteiger partial charge in [-0.15, -0.1) is 0 Å². The van der Waals surface area contributed by atoms with E-state index < -0.39 is 0 Å². The summed E-state index contributed by atoms with van der Waals surface area (Å²) >= 11 is 2.70. The van der Waals surface area contributed by atoms with Crippen molar-refractivity contribution in [2.45, 2.75) is 81.7 Å². The lowest BCUT2D eigenvalue weighted by Gasteiger charge is -2.60. The summed E-state index contributed by atoms with van der Waals surface area (Å²) in [6.45, 7) is 7.97. The first kappa shape index (κ1) is 19.0. The van der Waals surface area contributed by atoms with Crippen LogP contribution in [0.25, 0.3) is 0 Å². The maximum atomic E-state index is 10.5. The van der Waals surface area contributed by atoms with E-state index in [0.29, 0.717) is 5.41 Å². The van der Waals surface area contributed by atoms with Crippen molar-refractivity contribution in [2.24, 2.45) is 34.5 Å².